The maximum Gasteiger partial charge on any atom is 0.265 e. The Labute approximate surface area is 103 Å². The molecule has 0 aliphatic carbocycles. The van der Waals surface area contributed by atoms with Gasteiger partial charge in [-0.2, -0.15) is 0 Å². The first-order chi connectivity index (χ1) is 8.45. The fraction of sp³-hybridized carbons (Fsp3) is 0.273. The molecule has 0 spiro atoms. The van der Waals surface area contributed by atoms with Gasteiger partial charge in [0.05, 0.1) is 12.5 Å². The van der Waals surface area contributed by atoms with Gasteiger partial charge >= 0.3 is 0 Å². The molecule has 0 aromatic heterocycles. The Kier molecular flexibility index (Phi) is 4.78. The highest BCUT2D eigenvalue weighted by Gasteiger charge is 2.20. The fourth-order valence-corrected chi connectivity index (χ4v) is 1.45. The number of nitrogens with two attached hydrogens (primary N) is 2. The zero-order chi connectivity index (χ0) is 13.7. The van der Waals surface area contributed by atoms with E-state index in [-0.39, 0.29) is 6.42 Å². The summed E-state index contributed by atoms with van der Waals surface area (Å²) < 4.78 is 0. The molecule has 18 heavy (non-hydrogen) atoms. The van der Waals surface area contributed by atoms with E-state index in [0.29, 0.717) is 11.1 Å². The van der Waals surface area contributed by atoms with Crippen LogP contribution in [0, 0.1) is 0 Å². The van der Waals surface area contributed by atoms with Gasteiger partial charge in [-0.15, -0.1) is 0 Å². The number of aliphatic hydroxyl groups excluding tert-OH is 2. The second kappa shape index (κ2) is 6.10. The molecule has 2 amide bonds. The van der Waals surface area contributed by atoms with E-state index in [1.54, 1.807) is 0 Å². The van der Waals surface area contributed by atoms with Crippen LogP contribution in [0.25, 0.3) is 0 Å². The van der Waals surface area contributed by atoms with Gasteiger partial charge in [0.15, 0.2) is 0 Å². The largest absolute Gasteiger partial charge is 0.390 e. The Morgan fingerprint density at radius 2 is 1.78 bits per heavy atom. The fourth-order valence-electron chi connectivity index (χ4n) is 1.45. The zero-order valence-corrected chi connectivity index (χ0v) is 9.54. The van der Waals surface area contributed by atoms with Crippen molar-refractivity contribution in [1.82, 2.24) is 5.43 Å². The quantitative estimate of drug-likeness (QED) is 0.248. The summed E-state index contributed by atoms with van der Waals surface area (Å²) in [4.78, 5) is 21.8. The van der Waals surface area contributed by atoms with Gasteiger partial charge in [-0.1, -0.05) is 12.1 Å². The smallest absolute Gasteiger partial charge is 0.265 e. The lowest BCUT2D eigenvalue weighted by atomic mass is 10.0. The Morgan fingerprint density at radius 3 is 2.22 bits per heavy atom. The minimum atomic E-state index is -1.28. The maximum absolute atomic E-state index is 11.2. The molecule has 7 heteroatoms. The number of nitrogens with one attached hydrogen (secondary N) is 1. The summed E-state index contributed by atoms with van der Waals surface area (Å²) in [7, 11) is 0. The molecule has 0 saturated heterocycles. The summed E-state index contributed by atoms with van der Waals surface area (Å²) in [5.41, 5.74) is 7.57. The minimum absolute atomic E-state index is 0.317. The van der Waals surface area contributed by atoms with Gasteiger partial charge in [-0.3, -0.25) is 15.0 Å². The molecule has 1 aromatic carbocycles. The van der Waals surface area contributed by atoms with Crippen LogP contribution in [0.5, 0.6) is 0 Å². The van der Waals surface area contributed by atoms with E-state index < -0.39 is 24.0 Å². The highest BCUT2D eigenvalue weighted by molar-refractivity contribution is 5.93. The van der Waals surface area contributed by atoms with E-state index in [2.05, 4.69) is 0 Å². The van der Waals surface area contributed by atoms with Crippen molar-refractivity contribution in [2.24, 2.45) is 11.6 Å². The summed E-state index contributed by atoms with van der Waals surface area (Å²) >= 11 is 0. The SMILES string of the molecule is NNC(=O)c1ccc(C(O)C(O)CC(N)=O)cc1. The number of hydrazine groups is 1. The normalized spacial score (nSPS) is 13.7. The van der Waals surface area contributed by atoms with Crippen molar-refractivity contribution in [3.63, 3.8) is 0 Å². The van der Waals surface area contributed by atoms with Gasteiger partial charge in [-0.25, -0.2) is 5.84 Å². The zero-order valence-electron chi connectivity index (χ0n) is 9.54. The van der Waals surface area contributed by atoms with Crippen LogP contribution >= 0.6 is 0 Å². The van der Waals surface area contributed by atoms with Gasteiger partial charge in [-0.05, 0) is 17.7 Å². The van der Waals surface area contributed by atoms with Gasteiger partial charge in [0.2, 0.25) is 5.91 Å². The van der Waals surface area contributed by atoms with Crippen molar-refractivity contribution in [1.29, 1.82) is 0 Å². The second-order valence-corrected chi connectivity index (χ2v) is 3.78. The Hall–Kier alpha value is -1.96. The summed E-state index contributed by atoms with van der Waals surface area (Å²) in [5.74, 6) is 3.79. The van der Waals surface area contributed by atoms with Gasteiger partial charge in [0.25, 0.3) is 5.91 Å². The van der Waals surface area contributed by atoms with Crippen LogP contribution in [0.4, 0.5) is 0 Å². The van der Waals surface area contributed by atoms with E-state index in [0.717, 1.165) is 0 Å². The maximum atomic E-state index is 11.2. The van der Waals surface area contributed by atoms with Crippen LogP contribution in [-0.2, 0) is 4.79 Å². The number of hydrogen-bond donors (Lipinski definition) is 5. The first-order valence-corrected chi connectivity index (χ1v) is 5.21. The Bertz CT molecular complexity index is 432. The molecular weight excluding hydrogens is 238 g/mol. The molecule has 0 radical (unpaired) electrons. The summed E-state index contributed by atoms with van der Waals surface area (Å²) in [6, 6.07) is 5.80. The number of amides is 2. The molecule has 0 bridgehead atoms. The van der Waals surface area contributed by atoms with Crippen LogP contribution < -0.4 is 17.0 Å². The highest BCUT2D eigenvalue weighted by Crippen LogP contribution is 2.19. The average molecular weight is 253 g/mol. The molecular formula is C11H15N3O4. The Morgan fingerprint density at radius 1 is 1.22 bits per heavy atom. The molecule has 0 fully saturated rings. The van der Waals surface area contributed by atoms with Gasteiger partial charge in [0, 0.05) is 5.56 Å². The predicted octanol–water partition coefficient (Wildman–Crippen LogP) is -1.44. The number of rotatable bonds is 5. The third kappa shape index (κ3) is 3.52. The lowest BCUT2D eigenvalue weighted by Crippen LogP contribution is -2.30. The molecule has 0 aliphatic heterocycles. The second-order valence-electron chi connectivity index (χ2n) is 3.78. The third-order valence-corrected chi connectivity index (χ3v) is 2.42. The third-order valence-electron chi connectivity index (χ3n) is 2.42. The lowest BCUT2D eigenvalue weighted by Gasteiger charge is -2.16. The van der Waals surface area contributed by atoms with Crippen molar-refractivity contribution in [3.05, 3.63) is 35.4 Å². The summed E-state index contributed by atoms with van der Waals surface area (Å²) in [5, 5.41) is 19.3. The molecule has 2 atom stereocenters. The van der Waals surface area contributed by atoms with Crippen molar-refractivity contribution >= 4 is 11.8 Å². The minimum Gasteiger partial charge on any atom is -0.390 e. The molecule has 0 saturated carbocycles. The Balaban J connectivity index is 2.78. The lowest BCUT2D eigenvalue weighted by molar-refractivity contribution is -0.121. The molecule has 0 aliphatic rings. The van der Waals surface area contributed by atoms with Crippen LogP contribution in [0.2, 0.25) is 0 Å². The first kappa shape index (κ1) is 14.1. The van der Waals surface area contributed by atoms with Gasteiger partial charge < -0.3 is 15.9 Å². The van der Waals surface area contributed by atoms with Crippen molar-refractivity contribution in [3.8, 4) is 0 Å². The molecule has 7 N–H and O–H groups in total. The van der Waals surface area contributed by atoms with E-state index in [9.17, 15) is 19.8 Å². The van der Waals surface area contributed by atoms with Crippen molar-refractivity contribution < 1.29 is 19.8 Å². The van der Waals surface area contributed by atoms with E-state index in [1.807, 2.05) is 5.43 Å². The number of carbonyl (C=O) groups is 2. The van der Waals surface area contributed by atoms with Crippen molar-refractivity contribution in [2.45, 2.75) is 18.6 Å². The summed E-state index contributed by atoms with van der Waals surface area (Å²) in [6.45, 7) is 0. The number of nitrogen functional groups attached to an aromatic ring is 1. The van der Waals surface area contributed by atoms with Crippen LogP contribution in [-0.4, -0.2) is 28.1 Å². The van der Waals surface area contributed by atoms with Crippen molar-refractivity contribution in [2.75, 3.05) is 0 Å². The number of carbonyl (C=O) groups excluding carboxylic acids is 2. The number of primary amides is 1. The molecule has 7 nitrogen and oxygen atoms in total. The average Bonchev–Trinajstić information content (AvgIpc) is 2.36. The molecule has 0 heterocycles. The highest BCUT2D eigenvalue weighted by atomic mass is 16.3. The van der Waals surface area contributed by atoms with Crippen LogP contribution in [0.15, 0.2) is 24.3 Å². The van der Waals surface area contributed by atoms with Crippen LogP contribution in [0.1, 0.15) is 28.4 Å². The summed E-state index contributed by atoms with van der Waals surface area (Å²) in [6.07, 6.45) is -2.86. The predicted molar refractivity (Wildman–Crippen MR) is 62.9 cm³/mol. The van der Waals surface area contributed by atoms with E-state index in [1.165, 1.54) is 24.3 Å². The molecule has 98 valence electrons. The number of hydrogen-bond acceptors (Lipinski definition) is 5. The topological polar surface area (TPSA) is 139 Å². The van der Waals surface area contributed by atoms with Crippen LogP contribution in [0.3, 0.4) is 0 Å². The standard InChI is InChI=1S/C11H15N3O4/c12-9(16)5-8(15)10(17)6-1-3-7(4-2-6)11(18)14-13/h1-4,8,10,15,17H,5,13H2,(H2,12,16)(H,14,18). The first-order valence-electron chi connectivity index (χ1n) is 5.21. The van der Waals surface area contributed by atoms with Gasteiger partial charge in [0.1, 0.15) is 6.10 Å². The number of benzene rings is 1. The molecule has 1 aromatic rings. The van der Waals surface area contributed by atoms with E-state index in [4.69, 9.17) is 11.6 Å². The monoisotopic (exact) mass is 253 g/mol. The molecule has 1 rings (SSSR count). The number of aliphatic hydroxyl groups is 2. The van der Waals surface area contributed by atoms with E-state index >= 15 is 0 Å². The molecule has 2 unspecified atom stereocenters.